The van der Waals surface area contributed by atoms with Gasteiger partial charge < -0.3 is 0 Å². The third-order valence-corrected chi connectivity index (χ3v) is 4.77. The van der Waals surface area contributed by atoms with Gasteiger partial charge in [-0.05, 0) is 35.5 Å². The average molecular weight is 372 g/mol. The van der Waals surface area contributed by atoms with E-state index in [-0.39, 0.29) is 5.82 Å². The predicted octanol–water partition coefficient (Wildman–Crippen LogP) is 4.30. The van der Waals surface area contributed by atoms with Crippen molar-refractivity contribution in [3.8, 4) is 22.0 Å². The standard InChI is InChI=1S/C17H11ClFN5S/c18-15-4-2-1-3-14(15)17-20-13(10-25-17)9-24-22-16(21-23-24)11-5-7-12(19)8-6-11/h1-8,10H,9H2. The molecule has 0 spiro atoms. The van der Waals surface area contributed by atoms with Gasteiger partial charge in [0.1, 0.15) is 17.4 Å². The van der Waals surface area contributed by atoms with Crippen LogP contribution in [0.5, 0.6) is 0 Å². The van der Waals surface area contributed by atoms with Crippen molar-refractivity contribution in [2.75, 3.05) is 0 Å². The van der Waals surface area contributed by atoms with Gasteiger partial charge in [0, 0.05) is 16.5 Å². The Morgan fingerprint density at radius 3 is 2.68 bits per heavy atom. The van der Waals surface area contributed by atoms with Crippen LogP contribution in [0.25, 0.3) is 22.0 Å². The molecular formula is C17H11ClFN5S. The van der Waals surface area contributed by atoms with Gasteiger partial charge in [0.05, 0.1) is 10.7 Å². The summed E-state index contributed by atoms with van der Waals surface area (Å²) in [6.45, 7) is 0.398. The second-order valence-corrected chi connectivity index (χ2v) is 6.54. The quantitative estimate of drug-likeness (QED) is 0.536. The third kappa shape index (κ3) is 3.42. The van der Waals surface area contributed by atoms with Crippen LogP contribution in [0.1, 0.15) is 5.69 Å². The first kappa shape index (κ1) is 15.9. The van der Waals surface area contributed by atoms with Crippen LogP contribution in [0, 0.1) is 5.82 Å². The molecule has 0 fully saturated rings. The SMILES string of the molecule is Fc1ccc(-c2nnn(Cc3csc(-c4ccccc4Cl)n3)n2)cc1. The van der Waals surface area contributed by atoms with E-state index < -0.39 is 0 Å². The highest BCUT2D eigenvalue weighted by molar-refractivity contribution is 7.13. The molecule has 0 amide bonds. The first-order valence-electron chi connectivity index (χ1n) is 7.42. The molecule has 0 bridgehead atoms. The maximum Gasteiger partial charge on any atom is 0.204 e. The van der Waals surface area contributed by atoms with E-state index in [1.807, 2.05) is 29.6 Å². The summed E-state index contributed by atoms with van der Waals surface area (Å²) in [5, 5.41) is 15.8. The summed E-state index contributed by atoms with van der Waals surface area (Å²) in [5.41, 5.74) is 2.43. The number of nitrogens with zero attached hydrogens (tertiary/aromatic N) is 5. The summed E-state index contributed by atoms with van der Waals surface area (Å²) < 4.78 is 13.0. The van der Waals surface area contributed by atoms with Crippen LogP contribution >= 0.6 is 22.9 Å². The van der Waals surface area contributed by atoms with Crippen LogP contribution < -0.4 is 0 Å². The van der Waals surface area contributed by atoms with Crippen LogP contribution in [0.15, 0.2) is 53.9 Å². The molecule has 2 aromatic heterocycles. The van der Waals surface area contributed by atoms with Gasteiger partial charge in [0.15, 0.2) is 0 Å². The Balaban J connectivity index is 1.54. The number of benzene rings is 2. The Bertz CT molecular complexity index is 1010. The molecule has 0 aliphatic rings. The van der Waals surface area contributed by atoms with Gasteiger partial charge >= 0.3 is 0 Å². The summed E-state index contributed by atoms with van der Waals surface area (Å²) >= 11 is 7.72. The van der Waals surface area contributed by atoms with Crippen molar-refractivity contribution in [2.24, 2.45) is 0 Å². The molecule has 2 aromatic carbocycles. The summed E-state index contributed by atoms with van der Waals surface area (Å²) in [6.07, 6.45) is 0. The van der Waals surface area contributed by atoms with Crippen LogP contribution in [-0.2, 0) is 6.54 Å². The zero-order valence-electron chi connectivity index (χ0n) is 12.8. The highest BCUT2D eigenvalue weighted by Crippen LogP contribution is 2.30. The molecule has 0 aliphatic carbocycles. The maximum atomic E-state index is 13.0. The van der Waals surface area contributed by atoms with E-state index in [1.165, 1.54) is 28.3 Å². The first-order valence-corrected chi connectivity index (χ1v) is 8.68. The lowest BCUT2D eigenvalue weighted by atomic mass is 10.2. The van der Waals surface area contributed by atoms with E-state index in [9.17, 15) is 4.39 Å². The highest BCUT2D eigenvalue weighted by atomic mass is 35.5. The Morgan fingerprint density at radius 2 is 1.88 bits per heavy atom. The van der Waals surface area contributed by atoms with E-state index in [1.54, 1.807) is 12.1 Å². The van der Waals surface area contributed by atoms with Gasteiger partial charge in [-0.2, -0.15) is 4.80 Å². The third-order valence-electron chi connectivity index (χ3n) is 3.51. The van der Waals surface area contributed by atoms with E-state index >= 15 is 0 Å². The van der Waals surface area contributed by atoms with E-state index in [0.29, 0.717) is 23.0 Å². The fourth-order valence-electron chi connectivity index (χ4n) is 2.31. The van der Waals surface area contributed by atoms with Crippen molar-refractivity contribution < 1.29 is 4.39 Å². The van der Waals surface area contributed by atoms with Gasteiger partial charge in [-0.1, -0.05) is 29.8 Å². The minimum absolute atomic E-state index is 0.300. The summed E-state index contributed by atoms with van der Waals surface area (Å²) in [4.78, 5) is 6.05. The summed E-state index contributed by atoms with van der Waals surface area (Å²) in [5.74, 6) is 0.146. The average Bonchev–Trinajstić information content (AvgIpc) is 3.26. The van der Waals surface area contributed by atoms with Crippen LogP contribution in [0.3, 0.4) is 0 Å². The molecule has 0 N–H and O–H groups in total. The lowest BCUT2D eigenvalue weighted by Crippen LogP contribution is -2.04. The van der Waals surface area contributed by atoms with Gasteiger partial charge in [-0.3, -0.25) is 0 Å². The number of thiazole rings is 1. The fraction of sp³-hybridized carbons (Fsp3) is 0.0588. The number of halogens is 2. The predicted molar refractivity (Wildman–Crippen MR) is 94.9 cm³/mol. The molecule has 0 radical (unpaired) electrons. The maximum absolute atomic E-state index is 13.0. The van der Waals surface area contributed by atoms with Crippen molar-refractivity contribution in [3.05, 3.63) is 70.4 Å². The van der Waals surface area contributed by atoms with Crippen molar-refractivity contribution in [1.82, 2.24) is 25.2 Å². The Kier molecular flexibility index (Phi) is 4.25. The molecule has 4 aromatic rings. The number of rotatable bonds is 4. The normalized spacial score (nSPS) is 11.0. The number of aromatic nitrogens is 5. The zero-order chi connectivity index (χ0) is 17.2. The van der Waals surface area contributed by atoms with Crippen molar-refractivity contribution in [3.63, 3.8) is 0 Å². The monoisotopic (exact) mass is 371 g/mol. The van der Waals surface area contributed by atoms with Gasteiger partial charge in [0.2, 0.25) is 5.82 Å². The minimum Gasteiger partial charge on any atom is -0.239 e. The molecule has 4 rings (SSSR count). The van der Waals surface area contributed by atoms with Gasteiger partial charge in [0.25, 0.3) is 0 Å². The van der Waals surface area contributed by atoms with Gasteiger partial charge in [-0.25, -0.2) is 9.37 Å². The molecule has 5 nitrogen and oxygen atoms in total. The number of hydrogen-bond donors (Lipinski definition) is 0. The summed E-state index contributed by atoms with van der Waals surface area (Å²) in [7, 11) is 0. The molecule has 25 heavy (non-hydrogen) atoms. The summed E-state index contributed by atoms with van der Waals surface area (Å²) in [6, 6.07) is 13.6. The Morgan fingerprint density at radius 1 is 1.08 bits per heavy atom. The van der Waals surface area contributed by atoms with Gasteiger partial charge in [-0.15, -0.1) is 21.5 Å². The minimum atomic E-state index is -0.300. The lowest BCUT2D eigenvalue weighted by Gasteiger charge is -1.98. The topological polar surface area (TPSA) is 56.5 Å². The van der Waals surface area contributed by atoms with Crippen molar-refractivity contribution in [1.29, 1.82) is 0 Å². The first-order chi connectivity index (χ1) is 12.2. The fourth-order valence-corrected chi connectivity index (χ4v) is 3.44. The molecule has 0 atom stereocenters. The van der Waals surface area contributed by atoms with Crippen molar-refractivity contribution >= 4 is 22.9 Å². The largest absolute Gasteiger partial charge is 0.239 e. The molecule has 0 aliphatic heterocycles. The molecule has 0 saturated carbocycles. The van der Waals surface area contributed by atoms with E-state index in [4.69, 9.17) is 11.6 Å². The molecule has 2 heterocycles. The zero-order valence-corrected chi connectivity index (χ0v) is 14.4. The Hall–Kier alpha value is -2.64. The smallest absolute Gasteiger partial charge is 0.204 e. The van der Waals surface area contributed by atoms with Crippen LogP contribution in [0.4, 0.5) is 4.39 Å². The molecule has 0 saturated heterocycles. The second kappa shape index (κ2) is 6.70. The van der Waals surface area contributed by atoms with E-state index in [2.05, 4.69) is 20.4 Å². The molecule has 0 unspecified atom stereocenters. The molecule has 124 valence electrons. The van der Waals surface area contributed by atoms with Crippen molar-refractivity contribution in [2.45, 2.75) is 6.54 Å². The highest BCUT2D eigenvalue weighted by Gasteiger charge is 2.11. The number of tetrazole rings is 1. The Labute approximate surface area is 151 Å². The second-order valence-electron chi connectivity index (χ2n) is 5.27. The van der Waals surface area contributed by atoms with Crippen LogP contribution in [0.2, 0.25) is 5.02 Å². The molecule has 8 heteroatoms. The van der Waals surface area contributed by atoms with Crippen LogP contribution in [-0.4, -0.2) is 25.2 Å². The lowest BCUT2D eigenvalue weighted by molar-refractivity contribution is 0.566. The number of hydrogen-bond acceptors (Lipinski definition) is 5. The van der Waals surface area contributed by atoms with E-state index in [0.717, 1.165) is 16.3 Å². The molecular weight excluding hydrogens is 361 g/mol.